The third kappa shape index (κ3) is 3.76. The summed E-state index contributed by atoms with van der Waals surface area (Å²) >= 11 is 0. The van der Waals surface area contributed by atoms with E-state index in [9.17, 15) is 8.42 Å². The summed E-state index contributed by atoms with van der Waals surface area (Å²) in [5.74, 6) is 0.658. The molecular weight excluding hydrogens is 210 g/mol. The Morgan fingerprint density at radius 1 is 1.20 bits per heavy atom. The van der Waals surface area contributed by atoms with E-state index in [4.69, 9.17) is 5.73 Å². The summed E-state index contributed by atoms with van der Waals surface area (Å²) in [6, 6.07) is 0. The normalized spacial score (nSPS) is 20.7. The van der Waals surface area contributed by atoms with Gasteiger partial charge in [0, 0.05) is 5.75 Å². The lowest BCUT2D eigenvalue weighted by Crippen LogP contribution is -2.30. The topological polar surface area (TPSA) is 60.2 Å². The van der Waals surface area contributed by atoms with Crippen LogP contribution in [0.15, 0.2) is 0 Å². The molecule has 15 heavy (non-hydrogen) atoms. The minimum Gasteiger partial charge on any atom is -0.330 e. The third-order valence-electron chi connectivity index (χ3n) is 3.56. The zero-order valence-corrected chi connectivity index (χ0v) is 10.5. The Hall–Kier alpha value is -0.0900. The fraction of sp³-hybridized carbons (Fsp3) is 1.00. The predicted octanol–water partition coefficient (Wildman–Crippen LogP) is 1.72. The van der Waals surface area contributed by atoms with Gasteiger partial charge >= 0.3 is 0 Å². The first-order valence-corrected chi connectivity index (χ1v) is 7.76. The van der Waals surface area contributed by atoms with E-state index >= 15 is 0 Å². The maximum atomic E-state index is 11.6. The quantitative estimate of drug-likeness (QED) is 0.760. The van der Waals surface area contributed by atoms with E-state index in [-0.39, 0.29) is 5.41 Å². The van der Waals surface area contributed by atoms with Crippen LogP contribution in [-0.2, 0) is 9.84 Å². The van der Waals surface area contributed by atoms with Crippen LogP contribution in [-0.4, -0.2) is 26.5 Å². The molecule has 0 saturated heterocycles. The van der Waals surface area contributed by atoms with Crippen molar-refractivity contribution >= 4 is 9.84 Å². The molecule has 1 aliphatic carbocycles. The molecule has 1 saturated carbocycles. The smallest absolute Gasteiger partial charge is 0.150 e. The second-order valence-corrected chi connectivity index (χ2v) is 7.12. The van der Waals surface area contributed by atoms with Gasteiger partial charge in [0.1, 0.15) is 9.84 Å². The summed E-state index contributed by atoms with van der Waals surface area (Å²) in [5.41, 5.74) is 5.92. The van der Waals surface area contributed by atoms with Crippen LogP contribution in [0.4, 0.5) is 0 Å². The van der Waals surface area contributed by atoms with E-state index in [1.807, 2.05) is 6.92 Å². The van der Waals surface area contributed by atoms with Crippen LogP contribution in [0.5, 0.6) is 0 Å². The molecule has 0 aromatic rings. The molecule has 1 fully saturated rings. The summed E-state index contributed by atoms with van der Waals surface area (Å²) in [7, 11) is -2.82. The summed E-state index contributed by atoms with van der Waals surface area (Å²) < 4.78 is 23.2. The van der Waals surface area contributed by atoms with E-state index in [2.05, 4.69) is 0 Å². The summed E-state index contributed by atoms with van der Waals surface area (Å²) in [6.07, 6.45) is 6.15. The Bertz CT molecular complexity index is 279. The number of hydrogen-bond acceptors (Lipinski definition) is 3. The van der Waals surface area contributed by atoms with Crippen molar-refractivity contribution < 1.29 is 8.42 Å². The highest BCUT2D eigenvalue weighted by Gasteiger charge is 2.33. The second-order valence-electron chi connectivity index (χ2n) is 4.81. The molecule has 0 amide bonds. The van der Waals surface area contributed by atoms with Crippen LogP contribution in [0.25, 0.3) is 0 Å². The van der Waals surface area contributed by atoms with Crippen molar-refractivity contribution in [3.63, 3.8) is 0 Å². The zero-order valence-electron chi connectivity index (χ0n) is 9.67. The van der Waals surface area contributed by atoms with Gasteiger partial charge in [0.25, 0.3) is 0 Å². The van der Waals surface area contributed by atoms with E-state index in [1.54, 1.807) is 0 Å². The maximum absolute atomic E-state index is 11.6. The first kappa shape index (κ1) is 13.0. The molecule has 0 radical (unpaired) electrons. The summed E-state index contributed by atoms with van der Waals surface area (Å²) in [4.78, 5) is 0. The molecule has 0 unspecified atom stereocenters. The number of sulfone groups is 1. The Morgan fingerprint density at radius 2 is 1.80 bits per heavy atom. The average Bonchev–Trinajstić information content (AvgIpc) is 2.64. The molecular formula is C11H23NO2S. The molecule has 90 valence electrons. The molecule has 0 aliphatic heterocycles. The molecule has 0 aromatic carbocycles. The van der Waals surface area contributed by atoms with Gasteiger partial charge in [-0.3, -0.25) is 0 Å². The Kier molecular flexibility index (Phi) is 4.59. The monoisotopic (exact) mass is 233 g/mol. The largest absolute Gasteiger partial charge is 0.330 e. The van der Waals surface area contributed by atoms with Crippen molar-refractivity contribution in [1.29, 1.82) is 0 Å². The minimum absolute atomic E-state index is 0.140. The molecule has 3 nitrogen and oxygen atoms in total. The lowest BCUT2D eigenvalue weighted by molar-refractivity contribution is 0.297. The van der Waals surface area contributed by atoms with Crippen LogP contribution in [0.1, 0.15) is 45.4 Å². The van der Waals surface area contributed by atoms with Crippen LogP contribution in [0.2, 0.25) is 0 Å². The van der Waals surface area contributed by atoms with E-state index in [1.165, 1.54) is 12.8 Å². The fourth-order valence-electron chi connectivity index (χ4n) is 2.47. The van der Waals surface area contributed by atoms with Gasteiger partial charge in [-0.05, 0) is 37.6 Å². The summed E-state index contributed by atoms with van der Waals surface area (Å²) in [6.45, 7) is 2.56. The Labute approximate surface area is 93.3 Å². The van der Waals surface area contributed by atoms with Crippen molar-refractivity contribution in [3.8, 4) is 0 Å². The molecule has 0 bridgehead atoms. The Balaban J connectivity index is 2.47. The highest BCUT2D eigenvalue weighted by molar-refractivity contribution is 7.91. The van der Waals surface area contributed by atoms with Gasteiger partial charge in [0.2, 0.25) is 0 Å². The number of rotatable bonds is 6. The van der Waals surface area contributed by atoms with Gasteiger partial charge in [-0.1, -0.05) is 19.8 Å². The maximum Gasteiger partial charge on any atom is 0.150 e. The molecule has 2 N–H and O–H groups in total. The second kappa shape index (κ2) is 5.30. The standard InChI is InChI=1S/C11H23NO2S/c1-2-8-15(13,14)9-7-11(10-12)5-3-4-6-11/h2-10,12H2,1H3. The first-order chi connectivity index (χ1) is 7.04. The van der Waals surface area contributed by atoms with Crippen molar-refractivity contribution in [2.24, 2.45) is 11.1 Å². The molecule has 4 heteroatoms. The van der Waals surface area contributed by atoms with Crippen LogP contribution in [0, 0.1) is 5.41 Å². The number of nitrogens with two attached hydrogens (primary N) is 1. The van der Waals surface area contributed by atoms with Gasteiger partial charge in [0.15, 0.2) is 0 Å². The highest BCUT2D eigenvalue weighted by atomic mass is 32.2. The van der Waals surface area contributed by atoms with Gasteiger partial charge in [0.05, 0.1) is 5.75 Å². The third-order valence-corrected chi connectivity index (χ3v) is 5.41. The van der Waals surface area contributed by atoms with Crippen LogP contribution in [0.3, 0.4) is 0 Å². The molecule has 0 atom stereocenters. The fourth-order valence-corrected chi connectivity index (χ4v) is 4.04. The SMILES string of the molecule is CCCS(=O)(=O)CCC1(CN)CCCC1. The Morgan fingerprint density at radius 3 is 2.27 bits per heavy atom. The van der Waals surface area contributed by atoms with E-state index < -0.39 is 9.84 Å². The van der Waals surface area contributed by atoms with Gasteiger partial charge < -0.3 is 5.73 Å². The summed E-state index contributed by atoms with van der Waals surface area (Å²) in [5, 5.41) is 0. The molecule has 0 heterocycles. The van der Waals surface area contributed by atoms with Crippen LogP contribution < -0.4 is 5.73 Å². The lowest BCUT2D eigenvalue weighted by Gasteiger charge is -2.26. The number of hydrogen-bond donors (Lipinski definition) is 1. The zero-order chi connectivity index (χ0) is 11.4. The van der Waals surface area contributed by atoms with Crippen LogP contribution >= 0.6 is 0 Å². The van der Waals surface area contributed by atoms with Crippen molar-refractivity contribution in [1.82, 2.24) is 0 Å². The van der Waals surface area contributed by atoms with Gasteiger partial charge in [-0.25, -0.2) is 8.42 Å². The predicted molar refractivity (Wildman–Crippen MR) is 63.5 cm³/mol. The highest BCUT2D eigenvalue weighted by Crippen LogP contribution is 2.40. The molecule has 0 aromatic heterocycles. The molecule has 1 rings (SSSR count). The van der Waals surface area contributed by atoms with E-state index in [0.717, 1.165) is 25.7 Å². The minimum atomic E-state index is -2.82. The lowest BCUT2D eigenvalue weighted by atomic mass is 9.84. The molecule has 0 spiro atoms. The van der Waals surface area contributed by atoms with Crippen molar-refractivity contribution in [3.05, 3.63) is 0 Å². The van der Waals surface area contributed by atoms with E-state index in [0.29, 0.717) is 18.1 Å². The van der Waals surface area contributed by atoms with Gasteiger partial charge in [-0.15, -0.1) is 0 Å². The van der Waals surface area contributed by atoms with Crippen molar-refractivity contribution in [2.75, 3.05) is 18.1 Å². The van der Waals surface area contributed by atoms with Crippen molar-refractivity contribution in [2.45, 2.75) is 45.4 Å². The van der Waals surface area contributed by atoms with Gasteiger partial charge in [-0.2, -0.15) is 0 Å². The first-order valence-electron chi connectivity index (χ1n) is 5.94. The molecule has 1 aliphatic rings. The average molecular weight is 233 g/mol.